The molecule has 0 unspecified atom stereocenters. The van der Waals surface area contributed by atoms with E-state index in [1.165, 1.54) is 0 Å². The number of rotatable bonds is 2. The second kappa shape index (κ2) is 3.62. The van der Waals surface area contributed by atoms with Crippen LogP contribution in [0.3, 0.4) is 0 Å². The Morgan fingerprint density at radius 2 is 2.31 bits per heavy atom. The third-order valence-corrected chi connectivity index (χ3v) is 2.05. The smallest absolute Gasteiger partial charge is 0.252 e. The summed E-state index contributed by atoms with van der Waals surface area (Å²) < 4.78 is 0. The van der Waals surface area contributed by atoms with Crippen LogP contribution in [-0.2, 0) is 6.42 Å². The highest BCUT2D eigenvalue weighted by molar-refractivity contribution is 6.30. The number of primary amides is 1. The monoisotopic (exact) mass is 199 g/mol. The fourth-order valence-corrected chi connectivity index (χ4v) is 1.27. The molecule has 1 heterocycles. The number of anilines is 1. The minimum atomic E-state index is -0.587. The molecule has 0 aromatic carbocycles. The van der Waals surface area contributed by atoms with Gasteiger partial charge in [-0.05, 0) is 18.1 Å². The van der Waals surface area contributed by atoms with E-state index in [2.05, 4.69) is 4.98 Å². The highest BCUT2D eigenvalue weighted by atomic mass is 35.5. The Labute approximate surface area is 80.9 Å². The molecule has 0 radical (unpaired) electrons. The van der Waals surface area contributed by atoms with Crippen LogP contribution in [-0.4, -0.2) is 10.9 Å². The number of pyridine rings is 1. The molecule has 4 N–H and O–H groups in total. The van der Waals surface area contributed by atoms with Crippen LogP contribution in [0.2, 0.25) is 5.15 Å². The van der Waals surface area contributed by atoms with E-state index in [9.17, 15) is 4.79 Å². The number of nitrogens with zero attached hydrogens (tertiary/aromatic N) is 1. The van der Waals surface area contributed by atoms with E-state index in [0.717, 1.165) is 5.56 Å². The van der Waals surface area contributed by atoms with Crippen molar-refractivity contribution in [2.75, 3.05) is 5.73 Å². The van der Waals surface area contributed by atoms with Gasteiger partial charge in [0.1, 0.15) is 11.0 Å². The van der Waals surface area contributed by atoms with Gasteiger partial charge < -0.3 is 11.5 Å². The standard InChI is InChI=1S/C8H10ClN3O/c1-2-4-3-5(8(11)13)7(10)12-6(4)9/h3H,2H2,1H3,(H2,10,12)(H2,11,13). The lowest BCUT2D eigenvalue weighted by Gasteiger charge is -2.05. The summed E-state index contributed by atoms with van der Waals surface area (Å²) in [5.74, 6) is -0.508. The number of halogens is 1. The Balaban J connectivity index is 3.30. The second-order valence-electron chi connectivity index (χ2n) is 2.59. The molecule has 0 aliphatic rings. The van der Waals surface area contributed by atoms with Crippen molar-refractivity contribution in [1.82, 2.24) is 4.98 Å². The van der Waals surface area contributed by atoms with E-state index in [0.29, 0.717) is 11.6 Å². The highest BCUT2D eigenvalue weighted by Crippen LogP contribution is 2.19. The lowest BCUT2D eigenvalue weighted by Crippen LogP contribution is -2.15. The number of hydrogen-bond donors (Lipinski definition) is 2. The van der Waals surface area contributed by atoms with Gasteiger partial charge in [-0.2, -0.15) is 0 Å². The molecule has 1 amide bonds. The maximum atomic E-state index is 10.9. The summed E-state index contributed by atoms with van der Waals surface area (Å²) >= 11 is 5.76. The van der Waals surface area contributed by atoms with Crippen LogP contribution in [0.25, 0.3) is 0 Å². The van der Waals surface area contributed by atoms with Gasteiger partial charge in [-0.3, -0.25) is 4.79 Å². The molecule has 5 heteroatoms. The van der Waals surface area contributed by atoms with E-state index in [4.69, 9.17) is 23.1 Å². The normalized spacial score (nSPS) is 10.0. The minimum Gasteiger partial charge on any atom is -0.383 e. The van der Waals surface area contributed by atoms with Gasteiger partial charge in [0, 0.05) is 0 Å². The van der Waals surface area contributed by atoms with Gasteiger partial charge >= 0.3 is 0 Å². The average Bonchev–Trinajstić information content (AvgIpc) is 2.03. The van der Waals surface area contributed by atoms with E-state index in [1.54, 1.807) is 6.07 Å². The van der Waals surface area contributed by atoms with Crippen LogP contribution < -0.4 is 11.5 Å². The summed E-state index contributed by atoms with van der Waals surface area (Å²) in [5, 5.41) is 0.324. The second-order valence-corrected chi connectivity index (χ2v) is 2.95. The summed E-state index contributed by atoms with van der Waals surface area (Å²) in [5.41, 5.74) is 11.5. The van der Waals surface area contributed by atoms with Crippen molar-refractivity contribution < 1.29 is 4.79 Å². The quantitative estimate of drug-likeness (QED) is 0.697. The molecule has 70 valence electrons. The SMILES string of the molecule is CCc1cc(C(N)=O)c(N)nc1Cl. The van der Waals surface area contributed by atoms with Crippen molar-refractivity contribution in [2.45, 2.75) is 13.3 Å². The molecule has 1 aromatic rings. The Kier molecular flexibility index (Phi) is 2.72. The Hall–Kier alpha value is -1.29. The van der Waals surface area contributed by atoms with E-state index < -0.39 is 5.91 Å². The van der Waals surface area contributed by atoms with Crippen molar-refractivity contribution in [3.05, 3.63) is 22.3 Å². The van der Waals surface area contributed by atoms with E-state index in [-0.39, 0.29) is 11.4 Å². The molecule has 1 rings (SSSR count). The van der Waals surface area contributed by atoms with Gasteiger partial charge in [-0.1, -0.05) is 18.5 Å². The van der Waals surface area contributed by atoms with Crippen molar-refractivity contribution in [3.63, 3.8) is 0 Å². The number of carbonyl (C=O) groups excluding carboxylic acids is 1. The maximum absolute atomic E-state index is 10.9. The fourth-order valence-electron chi connectivity index (χ4n) is 0.991. The third-order valence-electron chi connectivity index (χ3n) is 1.72. The van der Waals surface area contributed by atoms with Gasteiger partial charge in [0.25, 0.3) is 5.91 Å². The molecule has 0 aliphatic heterocycles. The predicted molar refractivity (Wildman–Crippen MR) is 51.6 cm³/mol. The maximum Gasteiger partial charge on any atom is 0.252 e. The summed E-state index contributed by atoms with van der Waals surface area (Å²) in [6, 6.07) is 1.58. The number of aromatic nitrogens is 1. The molecule has 0 spiro atoms. The van der Waals surface area contributed by atoms with Crippen LogP contribution in [0.4, 0.5) is 5.82 Å². The molecular formula is C8H10ClN3O. The van der Waals surface area contributed by atoms with Crippen LogP contribution in [0, 0.1) is 0 Å². The largest absolute Gasteiger partial charge is 0.383 e. The summed E-state index contributed by atoms with van der Waals surface area (Å²) in [6.45, 7) is 1.91. The van der Waals surface area contributed by atoms with Crippen LogP contribution in [0.1, 0.15) is 22.8 Å². The molecule has 1 aromatic heterocycles. The zero-order chi connectivity index (χ0) is 10.0. The average molecular weight is 200 g/mol. The minimum absolute atomic E-state index is 0.0784. The lowest BCUT2D eigenvalue weighted by atomic mass is 10.1. The van der Waals surface area contributed by atoms with Crippen LogP contribution in [0.5, 0.6) is 0 Å². The van der Waals surface area contributed by atoms with Crippen molar-refractivity contribution in [1.29, 1.82) is 0 Å². The van der Waals surface area contributed by atoms with Gasteiger partial charge in [0.2, 0.25) is 0 Å². The topological polar surface area (TPSA) is 82.0 Å². The van der Waals surface area contributed by atoms with Gasteiger partial charge in [0.15, 0.2) is 0 Å². The number of nitrogens with two attached hydrogens (primary N) is 2. The van der Waals surface area contributed by atoms with Crippen LogP contribution in [0.15, 0.2) is 6.07 Å². The van der Waals surface area contributed by atoms with E-state index in [1.807, 2.05) is 6.92 Å². The Morgan fingerprint density at radius 1 is 1.69 bits per heavy atom. The fraction of sp³-hybridized carbons (Fsp3) is 0.250. The summed E-state index contributed by atoms with van der Waals surface area (Å²) in [7, 11) is 0. The third kappa shape index (κ3) is 1.89. The van der Waals surface area contributed by atoms with E-state index >= 15 is 0 Å². The molecule has 0 aliphatic carbocycles. The van der Waals surface area contributed by atoms with Crippen molar-refractivity contribution in [2.24, 2.45) is 5.73 Å². The summed E-state index contributed by atoms with van der Waals surface area (Å²) in [4.78, 5) is 14.7. The molecule has 4 nitrogen and oxygen atoms in total. The molecule has 0 saturated carbocycles. The summed E-state index contributed by atoms with van der Waals surface area (Å²) in [6.07, 6.45) is 0.687. The first-order chi connectivity index (χ1) is 6.06. The molecule has 0 bridgehead atoms. The molecular weight excluding hydrogens is 190 g/mol. The zero-order valence-corrected chi connectivity index (χ0v) is 7.93. The number of carbonyl (C=O) groups is 1. The van der Waals surface area contributed by atoms with Crippen LogP contribution >= 0.6 is 11.6 Å². The number of hydrogen-bond acceptors (Lipinski definition) is 3. The highest BCUT2D eigenvalue weighted by Gasteiger charge is 2.10. The van der Waals surface area contributed by atoms with Gasteiger partial charge in [-0.15, -0.1) is 0 Å². The Bertz CT molecular complexity index is 351. The Morgan fingerprint density at radius 3 is 2.77 bits per heavy atom. The molecule has 13 heavy (non-hydrogen) atoms. The van der Waals surface area contributed by atoms with Gasteiger partial charge in [-0.25, -0.2) is 4.98 Å². The zero-order valence-electron chi connectivity index (χ0n) is 7.17. The first-order valence-corrected chi connectivity index (χ1v) is 4.18. The molecule has 0 fully saturated rings. The molecule has 0 saturated heterocycles. The van der Waals surface area contributed by atoms with Crippen molar-refractivity contribution in [3.8, 4) is 0 Å². The number of nitrogen functional groups attached to an aromatic ring is 1. The number of amides is 1. The predicted octanol–water partition coefficient (Wildman–Crippen LogP) is 0.978. The molecule has 0 atom stereocenters. The van der Waals surface area contributed by atoms with Crippen molar-refractivity contribution >= 4 is 23.3 Å². The first kappa shape index (κ1) is 9.80. The van der Waals surface area contributed by atoms with Gasteiger partial charge in [0.05, 0.1) is 5.56 Å². The lowest BCUT2D eigenvalue weighted by molar-refractivity contribution is 0.100. The number of aryl methyl sites for hydroxylation is 1. The first-order valence-electron chi connectivity index (χ1n) is 3.81.